The predicted molar refractivity (Wildman–Crippen MR) is 53.1 cm³/mol. The first-order chi connectivity index (χ1) is 6.15. The Balaban J connectivity index is 0.00000169. The van der Waals surface area contributed by atoms with E-state index in [-0.39, 0.29) is 18.4 Å². The van der Waals surface area contributed by atoms with Crippen molar-refractivity contribution in [2.45, 2.75) is 32.4 Å². The molecule has 14 heavy (non-hydrogen) atoms. The first-order valence-electron chi connectivity index (χ1n) is 4.73. The molecule has 0 saturated heterocycles. The number of hydrogen-bond donors (Lipinski definition) is 2. The highest BCUT2D eigenvalue weighted by atomic mass is 35.5. The number of halogens is 1. The Hall–Kier alpha value is -0.570. The summed E-state index contributed by atoms with van der Waals surface area (Å²) in [6.07, 6.45) is 0.472. The SMILES string of the molecule is CCC([NH3+])C(O)c1ccc(C)cc1.[Cl-]. The summed E-state index contributed by atoms with van der Waals surface area (Å²) in [6.45, 7) is 4.08. The lowest BCUT2D eigenvalue weighted by molar-refractivity contribution is -0.439. The Morgan fingerprint density at radius 1 is 1.29 bits per heavy atom. The van der Waals surface area contributed by atoms with Gasteiger partial charge in [-0.25, -0.2) is 0 Å². The number of benzene rings is 1. The van der Waals surface area contributed by atoms with E-state index in [1.54, 1.807) is 0 Å². The van der Waals surface area contributed by atoms with Crippen LogP contribution >= 0.6 is 0 Å². The van der Waals surface area contributed by atoms with Gasteiger partial charge in [-0.3, -0.25) is 0 Å². The molecule has 0 aliphatic heterocycles. The smallest absolute Gasteiger partial charge is 0.130 e. The van der Waals surface area contributed by atoms with Crippen molar-refractivity contribution in [2.75, 3.05) is 0 Å². The van der Waals surface area contributed by atoms with E-state index < -0.39 is 6.10 Å². The second-order valence-electron chi connectivity index (χ2n) is 3.52. The molecule has 80 valence electrons. The Morgan fingerprint density at radius 3 is 2.21 bits per heavy atom. The molecule has 4 N–H and O–H groups in total. The summed E-state index contributed by atoms with van der Waals surface area (Å²) in [6, 6.07) is 8.05. The van der Waals surface area contributed by atoms with Crippen molar-refractivity contribution < 1.29 is 23.2 Å². The zero-order chi connectivity index (χ0) is 9.84. The van der Waals surface area contributed by atoms with Gasteiger partial charge in [0.25, 0.3) is 0 Å². The molecular formula is C11H18ClNO. The summed E-state index contributed by atoms with van der Waals surface area (Å²) in [5.74, 6) is 0. The van der Waals surface area contributed by atoms with Crippen LogP contribution in [-0.4, -0.2) is 11.1 Å². The van der Waals surface area contributed by atoms with E-state index >= 15 is 0 Å². The normalized spacial score (nSPS) is 14.3. The van der Waals surface area contributed by atoms with E-state index in [0.717, 1.165) is 12.0 Å². The molecule has 0 fully saturated rings. The molecule has 1 aromatic carbocycles. The fraction of sp³-hybridized carbons (Fsp3) is 0.455. The monoisotopic (exact) mass is 215 g/mol. The molecule has 0 radical (unpaired) electrons. The maximum atomic E-state index is 9.82. The van der Waals surface area contributed by atoms with Gasteiger partial charge in [0, 0.05) is 0 Å². The largest absolute Gasteiger partial charge is 1.00 e. The van der Waals surface area contributed by atoms with Crippen LogP contribution in [-0.2, 0) is 0 Å². The van der Waals surface area contributed by atoms with Gasteiger partial charge in [-0.1, -0.05) is 36.8 Å². The first kappa shape index (κ1) is 13.4. The first-order valence-corrected chi connectivity index (χ1v) is 4.73. The molecule has 0 amide bonds. The van der Waals surface area contributed by atoms with E-state index in [0.29, 0.717) is 0 Å². The molecule has 0 saturated carbocycles. The Labute approximate surface area is 91.5 Å². The van der Waals surface area contributed by atoms with Crippen molar-refractivity contribution in [1.29, 1.82) is 0 Å². The van der Waals surface area contributed by atoms with Crippen molar-refractivity contribution in [3.8, 4) is 0 Å². The number of quaternary nitrogens is 1. The summed E-state index contributed by atoms with van der Waals surface area (Å²) >= 11 is 0. The van der Waals surface area contributed by atoms with Crippen LogP contribution in [0, 0.1) is 6.92 Å². The molecule has 1 rings (SSSR count). The van der Waals surface area contributed by atoms with Gasteiger partial charge in [0.15, 0.2) is 0 Å². The average molecular weight is 216 g/mol. The third kappa shape index (κ3) is 3.29. The Kier molecular flexibility index (Phi) is 5.77. The molecule has 2 nitrogen and oxygen atoms in total. The molecule has 3 heteroatoms. The lowest BCUT2D eigenvalue weighted by Crippen LogP contribution is -3.00. The van der Waals surface area contributed by atoms with Crippen LogP contribution < -0.4 is 18.1 Å². The molecule has 2 unspecified atom stereocenters. The zero-order valence-corrected chi connectivity index (χ0v) is 9.46. The number of aliphatic hydroxyl groups is 1. The lowest BCUT2D eigenvalue weighted by Gasteiger charge is -2.14. The Morgan fingerprint density at radius 2 is 1.79 bits per heavy atom. The van der Waals surface area contributed by atoms with Crippen molar-refractivity contribution >= 4 is 0 Å². The van der Waals surface area contributed by atoms with E-state index in [2.05, 4.69) is 5.73 Å². The van der Waals surface area contributed by atoms with E-state index in [9.17, 15) is 5.11 Å². The van der Waals surface area contributed by atoms with Gasteiger partial charge in [-0.05, 0) is 18.9 Å². The van der Waals surface area contributed by atoms with Gasteiger partial charge in [-0.15, -0.1) is 0 Å². The summed E-state index contributed by atoms with van der Waals surface area (Å²) in [5.41, 5.74) is 6.09. The molecule has 0 spiro atoms. The minimum absolute atomic E-state index is 0. The highest BCUT2D eigenvalue weighted by Crippen LogP contribution is 2.16. The standard InChI is InChI=1S/C11H17NO.ClH/c1-3-10(12)11(13)9-6-4-8(2)5-7-9;/h4-7,10-11,13H,3,12H2,1-2H3;1H. The number of rotatable bonds is 3. The van der Waals surface area contributed by atoms with Gasteiger partial charge in [0.1, 0.15) is 12.1 Å². The minimum atomic E-state index is -0.425. The second kappa shape index (κ2) is 6.02. The van der Waals surface area contributed by atoms with E-state index in [1.165, 1.54) is 5.56 Å². The van der Waals surface area contributed by atoms with Crippen LogP contribution in [0.15, 0.2) is 24.3 Å². The van der Waals surface area contributed by atoms with Crippen LogP contribution in [0.5, 0.6) is 0 Å². The lowest BCUT2D eigenvalue weighted by atomic mass is 10.0. The second-order valence-corrected chi connectivity index (χ2v) is 3.52. The predicted octanol–water partition coefficient (Wildman–Crippen LogP) is -1.95. The summed E-state index contributed by atoms with van der Waals surface area (Å²) in [5, 5.41) is 9.82. The fourth-order valence-electron chi connectivity index (χ4n) is 1.26. The van der Waals surface area contributed by atoms with Crippen LogP contribution in [0.4, 0.5) is 0 Å². The third-order valence-electron chi connectivity index (χ3n) is 2.39. The van der Waals surface area contributed by atoms with Crippen molar-refractivity contribution in [3.05, 3.63) is 35.4 Å². The van der Waals surface area contributed by atoms with Gasteiger partial charge in [0.05, 0.1) is 0 Å². The molecule has 0 aromatic heterocycles. The van der Waals surface area contributed by atoms with Crippen molar-refractivity contribution in [1.82, 2.24) is 0 Å². The third-order valence-corrected chi connectivity index (χ3v) is 2.39. The number of aliphatic hydroxyl groups excluding tert-OH is 1. The summed E-state index contributed by atoms with van der Waals surface area (Å²) in [4.78, 5) is 0. The molecular weight excluding hydrogens is 198 g/mol. The van der Waals surface area contributed by atoms with Gasteiger partial charge < -0.3 is 23.2 Å². The highest BCUT2D eigenvalue weighted by Gasteiger charge is 2.17. The molecule has 0 aliphatic rings. The van der Waals surface area contributed by atoms with Gasteiger partial charge in [-0.2, -0.15) is 0 Å². The topological polar surface area (TPSA) is 47.9 Å². The maximum Gasteiger partial charge on any atom is 0.130 e. The molecule has 2 atom stereocenters. The molecule has 1 aromatic rings. The average Bonchev–Trinajstić information content (AvgIpc) is 2.17. The Bertz CT molecular complexity index is 260. The fourth-order valence-corrected chi connectivity index (χ4v) is 1.26. The quantitative estimate of drug-likeness (QED) is 0.606. The number of hydrogen-bond acceptors (Lipinski definition) is 1. The van der Waals surface area contributed by atoms with Gasteiger partial charge in [0.2, 0.25) is 0 Å². The van der Waals surface area contributed by atoms with Crippen LogP contribution in [0.3, 0.4) is 0 Å². The summed E-state index contributed by atoms with van der Waals surface area (Å²) < 4.78 is 0. The van der Waals surface area contributed by atoms with Crippen LogP contribution in [0.2, 0.25) is 0 Å². The molecule has 0 heterocycles. The zero-order valence-electron chi connectivity index (χ0n) is 8.70. The van der Waals surface area contributed by atoms with Crippen LogP contribution in [0.1, 0.15) is 30.6 Å². The summed E-state index contributed by atoms with van der Waals surface area (Å²) in [7, 11) is 0. The maximum absolute atomic E-state index is 9.82. The molecule has 0 aliphatic carbocycles. The van der Waals surface area contributed by atoms with Gasteiger partial charge >= 0.3 is 0 Å². The van der Waals surface area contributed by atoms with Crippen molar-refractivity contribution in [2.24, 2.45) is 0 Å². The van der Waals surface area contributed by atoms with Crippen LogP contribution in [0.25, 0.3) is 0 Å². The van der Waals surface area contributed by atoms with E-state index in [4.69, 9.17) is 0 Å². The number of aryl methyl sites for hydroxylation is 1. The minimum Gasteiger partial charge on any atom is -1.00 e. The molecule has 0 bridgehead atoms. The van der Waals surface area contributed by atoms with Crippen molar-refractivity contribution in [3.63, 3.8) is 0 Å². The van der Waals surface area contributed by atoms with E-state index in [1.807, 2.05) is 38.1 Å². The highest BCUT2D eigenvalue weighted by molar-refractivity contribution is 5.23.